The Bertz CT molecular complexity index is 1420. The van der Waals surface area contributed by atoms with E-state index >= 15 is 0 Å². The van der Waals surface area contributed by atoms with Crippen molar-refractivity contribution in [2.75, 3.05) is 41.9 Å². The van der Waals surface area contributed by atoms with E-state index in [1.807, 2.05) is 29.2 Å². The highest BCUT2D eigenvalue weighted by atomic mass is 79.9. The summed E-state index contributed by atoms with van der Waals surface area (Å²) in [4.78, 5) is 26.0. The molecule has 0 atom stereocenters. The van der Waals surface area contributed by atoms with E-state index in [0.717, 1.165) is 10.2 Å². The molecule has 1 aliphatic rings. The lowest BCUT2D eigenvalue weighted by molar-refractivity contribution is -0.384. The Hall–Kier alpha value is -4.36. The predicted octanol–water partition coefficient (Wildman–Crippen LogP) is 4.83. The highest BCUT2D eigenvalue weighted by Gasteiger charge is 2.17. The number of ether oxygens (including phenoxy) is 1. The highest BCUT2D eigenvalue weighted by Crippen LogP contribution is 2.24. The average Bonchev–Trinajstić information content (AvgIpc) is 3.38. The maximum Gasteiger partial charge on any atom is 0.269 e. The van der Waals surface area contributed by atoms with Gasteiger partial charge in [-0.05, 0) is 42.5 Å². The van der Waals surface area contributed by atoms with Gasteiger partial charge in [0.1, 0.15) is 11.5 Å². The second kappa shape index (κ2) is 11.1. The fourth-order valence-corrected chi connectivity index (χ4v) is 3.95. The quantitative estimate of drug-likeness (QED) is 0.173. The van der Waals surface area contributed by atoms with Crippen LogP contribution in [0.5, 0.6) is 0 Å². The number of nitrogens with zero attached hydrogens (tertiary/aromatic N) is 6. The molecule has 0 unspecified atom stereocenters. The van der Waals surface area contributed by atoms with Gasteiger partial charge in [-0.3, -0.25) is 10.1 Å². The molecular weight excluding hydrogens is 544 g/mol. The molecule has 4 aromatic rings. The van der Waals surface area contributed by atoms with Crippen LogP contribution in [-0.2, 0) is 4.74 Å². The first-order chi connectivity index (χ1) is 18.0. The van der Waals surface area contributed by atoms with E-state index < -0.39 is 4.92 Å². The topological polar surface area (TPSA) is 144 Å². The van der Waals surface area contributed by atoms with Crippen LogP contribution < -0.4 is 15.6 Å². The Labute approximate surface area is 219 Å². The third-order valence-electron chi connectivity index (χ3n) is 5.34. The number of hydrogen-bond acceptors (Lipinski definition) is 11. The highest BCUT2D eigenvalue weighted by molar-refractivity contribution is 9.10. The summed E-state index contributed by atoms with van der Waals surface area (Å²) in [5, 5.41) is 18.3. The summed E-state index contributed by atoms with van der Waals surface area (Å²) in [6.07, 6.45) is 1.49. The molecule has 37 heavy (non-hydrogen) atoms. The molecule has 0 bridgehead atoms. The average molecular weight is 565 g/mol. The smallest absolute Gasteiger partial charge is 0.269 e. The second-order valence-corrected chi connectivity index (χ2v) is 8.81. The van der Waals surface area contributed by atoms with Crippen molar-refractivity contribution in [1.29, 1.82) is 0 Å². The molecular formula is C24H21BrN8O4. The zero-order chi connectivity index (χ0) is 25.6. The number of furan rings is 1. The van der Waals surface area contributed by atoms with Crippen LogP contribution in [0.1, 0.15) is 5.76 Å². The van der Waals surface area contributed by atoms with Gasteiger partial charge in [-0.2, -0.15) is 20.1 Å². The van der Waals surface area contributed by atoms with Gasteiger partial charge < -0.3 is 19.4 Å². The van der Waals surface area contributed by atoms with Crippen LogP contribution in [0.2, 0.25) is 0 Å². The normalized spacial score (nSPS) is 13.6. The molecule has 1 aliphatic heterocycles. The van der Waals surface area contributed by atoms with Crippen LogP contribution >= 0.6 is 15.9 Å². The minimum absolute atomic E-state index is 0.0175. The third-order valence-corrected chi connectivity index (χ3v) is 5.84. The lowest BCUT2D eigenvalue weighted by Crippen LogP contribution is -2.37. The molecule has 5 rings (SSSR count). The van der Waals surface area contributed by atoms with Crippen molar-refractivity contribution >= 4 is 51.4 Å². The van der Waals surface area contributed by atoms with Gasteiger partial charge >= 0.3 is 0 Å². The summed E-state index contributed by atoms with van der Waals surface area (Å²) in [6, 6.07) is 17.3. The SMILES string of the molecule is O=[N+]([O-])c1ccc(-c2ccc(/C=N\Nc3nc(Nc4cccc(Br)c4)nc(N4CCOCC4)n3)o2)cc1. The Morgan fingerprint density at radius 2 is 1.81 bits per heavy atom. The molecule has 1 saturated heterocycles. The molecule has 0 spiro atoms. The molecule has 2 N–H and O–H groups in total. The Morgan fingerprint density at radius 1 is 1.03 bits per heavy atom. The summed E-state index contributed by atoms with van der Waals surface area (Å²) >= 11 is 3.47. The lowest BCUT2D eigenvalue weighted by atomic mass is 10.1. The van der Waals surface area contributed by atoms with Gasteiger partial charge in [-0.15, -0.1) is 0 Å². The maximum absolute atomic E-state index is 10.9. The van der Waals surface area contributed by atoms with Gasteiger partial charge in [0.25, 0.3) is 5.69 Å². The van der Waals surface area contributed by atoms with Gasteiger partial charge in [0.05, 0.1) is 24.4 Å². The van der Waals surface area contributed by atoms with Crippen LogP contribution in [-0.4, -0.2) is 52.4 Å². The van der Waals surface area contributed by atoms with Crippen molar-refractivity contribution in [1.82, 2.24) is 15.0 Å². The molecule has 188 valence electrons. The Morgan fingerprint density at radius 3 is 2.57 bits per heavy atom. The first-order valence-electron chi connectivity index (χ1n) is 11.3. The molecule has 1 fully saturated rings. The first kappa shape index (κ1) is 24.3. The van der Waals surface area contributed by atoms with Crippen molar-refractivity contribution in [2.24, 2.45) is 5.10 Å². The minimum Gasteiger partial charge on any atom is -0.455 e. The minimum atomic E-state index is -0.443. The monoisotopic (exact) mass is 564 g/mol. The van der Waals surface area contributed by atoms with E-state index in [4.69, 9.17) is 9.15 Å². The fraction of sp³-hybridized carbons (Fsp3) is 0.167. The van der Waals surface area contributed by atoms with Gasteiger partial charge in [-0.1, -0.05) is 22.0 Å². The van der Waals surface area contributed by atoms with E-state index in [9.17, 15) is 10.1 Å². The number of halogens is 1. The number of anilines is 4. The molecule has 12 nitrogen and oxygen atoms in total. The molecule has 0 saturated carbocycles. The molecule has 3 heterocycles. The van der Waals surface area contributed by atoms with Crippen LogP contribution in [0.25, 0.3) is 11.3 Å². The van der Waals surface area contributed by atoms with E-state index in [2.05, 4.69) is 46.7 Å². The van der Waals surface area contributed by atoms with Crippen molar-refractivity contribution in [2.45, 2.75) is 0 Å². The van der Waals surface area contributed by atoms with Crippen molar-refractivity contribution in [3.8, 4) is 11.3 Å². The summed E-state index contributed by atoms with van der Waals surface area (Å²) in [5.74, 6) is 2.17. The van der Waals surface area contributed by atoms with Gasteiger partial charge in [-0.25, -0.2) is 5.43 Å². The molecule has 0 radical (unpaired) electrons. The predicted molar refractivity (Wildman–Crippen MR) is 142 cm³/mol. The van der Waals surface area contributed by atoms with E-state index in [-0.39, 0.29) is 11.6 Å². The van der Waals surface area contributed by atoms with Crippen molar-refractivity contribution in [3.05, 3.63) is 81.0 Å². The Kier molecular flexibility index (Phi) is 7.33. The molecule has 2 aromatic heterocycles. The zero-order valence-corrected chi connectivity index (χ0v) is 21.0. The molecule has 0 amide bonds. The number of rotatable bonds is 8. The first-order valence-corrected chi connectivity index (χ1v) is 12.1. The largest absolute Gasteiger partial charge is 0.455 e. The number of benzene rings is 2. The maximum atomic E-state index is 10.9. The number of hydrazone groups is 1. The summed E-state index contributed by atoms with van der Waals surface area (Å²) in [5.41, 5.74) is 4.40. The van der Waals surface area contributed by atoms with Crippen molar-refractivity contribution in [3.63, 3.8) is 0 Å². The summed E-state index contributed by atoms with van der Waals surface area (Å²) in [7, 11) is 0. The fourth-order valence-electron chi connectivity index (χ4n) is 3.55. The summed E-state index contributed by atoms with van der Waals surface area (Å²) < 4.78 is 12.2. The Balaban J connectivity index is 1.32. The number of aromatic nitrogens is 3. The number of nitrogens with one attached hydrogen (secondary N) is 2. The molecule has 0 aliphatic carbocycles. The standard InChI is InChI=1S/C24H21BrN8O4/c25-17-2-1-3-18(14-17)27-22-28-23(30-24(29-22)32-10-12-36-13-11-32)31-26-15-20-8-9-21(37-20)16-4-6-19(7-5-16)33(34)35/h1-9,14-15H,10-13H2,(H2,27,28,29,30,31)/b26-15-. The summed E-state index contributed by atoms with van der Waals surface area (Å²) in [6.45, 7) is 2.52. The van der Waals surface area contributed by atoms with Crippen LogP contribution in [0.15, 0.2) is 74.7 Å². The van der Waals surface area contributed by atoms with Gasteiger partial charge in [0, 0.05) is 40.9 Å². The number of hydrogen-bond donors (Lipinski definition) is 2. The number of non-ortho nitro benzene ring substituents is 1. The van der Waals surface area contributed by atoms with E-state index in [1.54, 1.807) is 24.3 Å². The lowest BCUT2D eigenvalue weighted by Gasteiger charge is -2.27. The van der Waals surface area contributed by atoms with E-state index in [0.29, 0.717) is 55.3 Å². The molecule has 2 aromatic carbocycles. The van der Waals surface area contributed by atoms with Gasteiger partial charge in [0.2, 0.25) is 17.8 Å². The third kappa shape index (κ3) is 6.26. The number of morpholine rings is 1. The van der Waals surface area contributed by atoms with Crippen molar-refractivity contribution < 1.29 is 14.1 Å². The second-order valence-electron chi connectivity index (χ2n) is 7.89. The van der Waals surface area contributed by atoms with E-state index in [1.165, 1.54) is 18.3 Å². The zero-order valence-electron chi connectivity index (χ0n) is 19.4. The van der Waals surface area contributed by atoms with Crippen LogP contribution in [0.4, 0.5) is 29.2 Å². The van der Waals surface area contributed by atoms with Crippen LogP contribution in [0, 0.1) is 10.1 Å². The molecule has 13 heteroatoms. The number of nitro groups is 1. The van der Waals surface area contributed by atoms with Gasteiger partial charge in [0.15, 0.2) is 0 Å². The van der Waals surface area contributed by atoms with Crippen LogP contribution in [0.3, 0.4) is 0 Å². The number of nitro benzene ring substituents is 1.